The van der Waals surface area contributed by atoms with Crippen LogP contribution in [0.5, 0.6) is 11.5 Å². The second-order valence-electron chi connectivity index (χ2n) is 5.37. The fraction of sp³-hybridized carbons (Fsp3) is 0.353. The van der Waals surface area contributed by atoms with Crippen LogP contribution in [0.2, 0.25) is 10.0 Å². The Kier molecular flexibility index (Phi) is 6.88. The molecule has 1 amide bonds. The number of ether oxygens (including phenoxy) is 2. The van der Waals surface area contributed by atoms with Gasteiger partial charge in [-0.15, -0.1) is 0 Å². The third-order valence-electron chi connectivity index (χ3n) is 3.78. The van der Waals surface area contributed by atoms with Crippen molar-refractivity contribution in [3.63, 3.8) is 0 Å². The summed E-state index contributed by atoms with van der Waals surface area (Å²) in [6, 6.07) is 5.43. The Balaban J connectivity index is 2.17. The van der Waals surface area contributed by atoms with E-state index in [1.54, 1.807) is 31.3 Å². The van der Waals surface area contributed by atoms with E-state index in [0.717, 1.165) is 10.2 Å². The average molecular weight is 400 g/mol. The van der Waals surface area contributed by atoms with E-state index in [4.69, 9.17) is 32.7 Å². The molecule has 0 unspecified atom stereocenters. The number of methoxy groups -OCH3 is 2. The summed E-state index contributed by atoms with van der Waals surface area (Å²) >= 11 is 11.6. The van der Waals surface area contributed by atoms with Crippen LogP contribution >= 0.6 is 23.2 Å². The number of halogens is 2. The molecule has 0 aliphatic rings. The quantitative estimate of drug-likeness (QED) is 0.715. The standard InChI is InChI=1S/C17H19Cl2N3O4/c1-4-21(9-11-5-6-13(25-2)14(7-11)26-3)15(23)10-22-17(24)16(19)12(18)8-20-22/h5-8H,4,9-10H2,1-3H3. The SMILES string of the molecule is CCN(Cc1ccc(OC)c(OC)c1)C(=O)Cn1ncc(Cl)c(Cl)c1=O. The van der Waals surface area contributed by atoms with E-state index >= 15 is 0 Å². The second-order valence-corrected chi connectivity index (χ2v) is 6.15. The van der Waals surface area contributed by atoms with E-state index in [1.165, 1.54) is 6.20 Å². The zero-order valence-corrected chi connectivity index (χ0v) is 16.2. The minimum absolute atomic E-state index is 0.0537. The maximum Gasteiger partial charge on any atom is 0.287 e. The maximum atomic E-state index is 12.6. The Labute approximate surface area is 161 Å². The van der Waals surface area contributed by atoms with E-state index in [9.17, 15) is 9.59 Å². The molecule has 0 N–H and O–H groups in total. The summed E-state index contributed by atoms with van der Waals surface area (Å²) in [5.74, 6) is 0.920. The lowest BCUT2D eigenvalue weighted by Crippen LogP contribution is -2.37. The number of carbonyl (C=O) groups excluding carboxylic acids is 1. The zero-order valence-electron chi connectivity index (χ0n) is 14.7. The van der Waals surface area contributed by atoms with Gasteiger partial charge in [-0.2, -0.15) is 5.10 Å². The molecule has 0 saturated carbocycles. The molecule has 0 aliphatic carbocycles. The molecule has 140 valence electrons. The first-order chi connectivity index (χ1) is 12.4. The van der Waals surface area contributed by atoms with Crippen LogP contribution in [0.3, 0.4) is 0 Å². The van der Waals surface area contributed by atoms with Gasteiger partial charge in [0, 0.05) is 13.1 Å². The van der Waals surface area contributed by atoms with Crippen molar-refractivity contribution in [3.8, 4) is 11.5 Å². The van der Waals surface area contributed by atoms with Crippen LogP contribution in [0.4, 0.5) is 0 Å². The summed E-state index contributed by atoms with van der Waals surface area (Å²) in [4.78, 5) is 26.2. The number of likely N-dealkylation sites (N-methyl/N-ethyl adjacent to an activating group) is 1. The molecule has 26 heavy (non-hydrogen) atoms. The lowest BCUT2D eigenvalue weighted by molar-refractivity contribution is -0.132. The van der Waals surface area contributed by atoms with Crippen molar-refractivity contribution in [3.05, 3.63) is 50.4 Å². The topological polar surface area (TPSA) is 73.7 Å². The van der Waals surface area contributed by atoms with Gasteiger partial charge in [-0.05, 0) is 24.6 Å². The molecule has 1 heterocycles. The highest BCUT2D eigenvalue weighted by Crippen LogP contribution is 2.28. The highest BCUT2D eigenvalue weighted by atomic mass is 35.5. The monoisotopic (exact) mass is 399 g/mol. The van der Waals surface area contributed by atoms with Gasteiger partial charge in [0.2, 0.25) is 5.91 Å². The Morgan fingerprint density at radius 3 is 2.54 bits per heavy atom. The first-order valence-electron chi connectivity index (χ1n) is 7.81. The van der Waals surface area contributed by atoms with Gasteiger partial charge in [0.1, 0.15) is 11.6 Å². The molecule has 0 atom stereocenters. The Morgan fingerprint density at radius 2 is 1.92 bits per heavy atom. The van der Waals surface area contributed by atoms with Crippen molar-refractivity contribution >= 4 is 29.1 Å². The molecular formula is C17H19Cl2N3O4. The van der Waals surface area contributed by atoms with Gasteiger partial charge in [-0.1, -0.05) is 29.3 Å². The van der Waals surface area contributed by atoms with Gasteiger partial charge < -0.3 is 14.4 Å². The number of hydrogen-bond donors (Lipinski definition) is 0. The molecule has 0 radical (unpaired) electrons. The van der Waals surface area contributed by atoms with Crippen LogP contribution in [0.15, 0.2) is 29.2 Å². The predicted octanol–water partition coefficient (Wildman–Crippen LogP) is 2.62. The van der Waals surface area contributed by atoms with Gasteiger partial charge >= 0.3 is 0 Å². The van der Waals surface area contributed by atoms with Crippen LogP contribution in [-0.2, 0) is 17.9 Å². The number of amides is 1. The van der Waals surface area contributed by atoms with Crippen LogP contribution in [0.25, 0.3) is 0 Å². The number of hydrogen-bond acceptors (Lipinski definition) is 5. The minimum Gasteiger partial charge on any atom is -0.493 e. The maximum absolute atomic E-state index is 12.6. The number of aromatic nitrogens is 2. The first kappa shape index (κ1) is 20.1. The summed E-state index contributed by atoms with van der Waals surface area (Å²) in [6.45, 7) is 2.44. The van der Waals surface area contributed by atoms with Crippen molar-refractivity contribution in [1.29, 1.82) is 0 Å². The van der Waals surface area contributed by atoms with Crippen LogP contribution in [0.1, 0.15) is 12.5 Å². The fourth-order valence-corrected chi connectivity index (χ4v) is 2.63. The van der Waals surface area contributed by atoms with Gasteiger partial charge in [0.05, 0.1) is 25.4 Å². The predicted molar refractivity (Wildman–Crippen MR) is 99.2 cm³/mol. The molecule has 0 bridgehead atoms. The number of rotatable bonds is 7. The third-order valence-corrected chi connectivity index (χ3v) is 4.53. The van der Waals surface area contributed by atoms with Crippen molar-refractivity contribution in [2.45, 2.75) is 20.0 Å². The smallest absolute Gasteiger partial charge is 0.287 e. The molecule has 0 spiro atoms. The van der Waals surface area contributed by atoms with Crippen molar-refractivity contribution in [2.24, 2.45) is 0 Å². The Hall–Kier alpha value is -2.25. The highest BCUT2D eigenvalue weighted by Gasteiger charge is 2.17. The molecule has 1 aromatic carbocycles. The number of nitrogens with zero attached hydrogens (tertiary/aromatic N) is 3. The van der Waals surface area contributed by atoms with Gasteiger partial charge in [0.15, 0.2) is 11.5 Å². The summed E-state index contributed by atoms with van der Waals surface area (Å²) in [5, 5.41) is 3.75. The Morgan fingerprint density at radius 1 is 1.23 bits per heavy atom. The minimum atomic E-state index is -0.602. The molecule has 7 nitrogen and oxygen atoms in total. The van der Waals surface area contributed by atoms with Gasteiger partial charge in [-0.25, -0.2) is 4.68 Å². The Bertz CT molecular complexity index is 854. The normalized spacial score (nSPS) is 10.5. The lowest BCUT2D eigenvalue weighted by Gasteiger charge is -2.22. The third kappa shape index (κ3) is 4.47. The van der Waals surface area contributed by atoms with E-state index in [1.807, 2.05) is 13.0 Å². The summed E-state index contributed by atoms with van der Waals surface area (Å²) < 4.78 is 11.5. The summed E-state index contributed by atoms with van der Waals surface area (Å²) in [7, 11) is 3.11. The van der Waals surface area contributed by atoms with Crippen molar-refractivity contribution in [1.82, 2.24) is 14.7 Å². The van der Waals surface area contributed by atoms with E-state index in [0.29, 0.717) is 24.6 Å². The average Bonchev–Trinajstić information content (AvgIpc) is 2.66. The van der Waals surface area contributed by atoms with E-state index < -0.39 is 5.56 Å². The van der Waals surface area contributed by atoms with E-state index in [-0.39, 0.29) is 22.5 Å². The number of carbonyl (C=O) groups is 1. The fourth-order valence-electron chi connectivity index (χ4n) is 2.36. The van der Waals surface area contributed by atoms with Gasteiger partial charge in [0.25, 0.3) is 5.56 Å². The molecule has 0 saturated heterocycles. The number of benzene rings is 1. The largest absolute Gasteiger partial charge is 0.493 e. The second kappa shape index (κ2) is 8.91. The van der Waals surface area contributed by atoms with Crippen molar-refractivity contribution in [2.75, 3.05) is 20.8 Å². The molecule has 9 heteroatoms. The molecule has 2 rings (SSSR count). The van der Waals surface area contributed by atoms with E-state index in [2.05, 4.69) is 5.10 Å². The first-order valence-corrected chi connectivity index (χ1v) is 8.56. The lowest BCUT2D eigenvalue weighted by atomic mass is 10.2. The molecule has 2 aromatic rings. The molecular weight excluding hydrogens is 381 g/mol. The highest BCUT2D eigenvalue weighted by molar-refractivity contribution is 6.41. The molecule has 0 fully saturated rings. The molecule has 0 aliphatic heterocycles. The van der Waals surface area contributed by atoms with Crippen molar-refractivity contribution < 1.29 is 14.3 Å². The van der Waals surface area contributed by atoms with Crippen LogP contribution in [-0.4, -0.2) is 41.4 Å². The summed E-state index contributed by atoms with van der Waals surface area (Å²) in [6.07, 6.45) is 1.24. The zero-order chi connectivity index (χ0) is 19.3. The van der Waals surface area contributed by atoms with Gasteiger partial charge in [-0.3, -0.25) is 9.59 Å². The summed E-state index contributed by atoms with van der Waals surface area (Å²) in [5.41, 5.74) is 0.266. The van der Waals surface area contributed by atoms with Crippen LogP contribution in [0, 0.1) is 0 Å². The van der Waals surface area contributed by atoms with Crippen LogP contribution < -0.4 is 15.0 Å². The molecule has 1 aromatic heterocycles.